The molecule has 110 valence electrons. The second-order valence-electron chi connectivity index (χ2n) is 5.39. The smallest absolute Gasteiger partial charge is 0.337 e. The van der Waals surface area contributed by atoms with Crippen LogP contribution in [0.5, 0.6) is 0 Å². The highest BCUT2D eigenvalue weighted by Crippen LogP contribution is 2.21. The number of carboxylic acid groups (broad SMARTS) is 1. The molecule has 1 unspecified atom stereocenters. The number of benzene rings is 1. The summed E-state index contributed by atoms with van der Waals surface area (Å²) in [6.07, 6.45) is 0. The van der Waals surface area contributed by atoms with E-state index in [1.54, 1.807) is 18.4 Å². The van der Waals surface area contributed by atoms with Crippen LogP contribution in [0.4, 0.5) is 0 Å². The van der Waals surface area contributed by atoms with Crippen LogP contribution in [0.15, 0.2) is 35.1 Å². The average molecular weight is 285 g/mol. The highest BCUT2D eigenvalue weighted by molar-refractivity contribution is 5.90. The molecule has 1 N–H and O–H groups in total. The monoisotopic (exact) mass is 285 g/mol. The zero-order valence-corrected chi connectivity index (χ0v) is 12.7. The van der Waals surface area contributed by atoms with E-state index in [9.17, 15) is 14.7 Å². The first-order valence-corrected chi connectivity index (χ1v) is 6.85. The van der Waals surface area contributed by atoms with E-state index in [1.807, 2.05) is 38.1 Å². The maximum Gasteiger partial charge on any atom is 0.337 e. The quantitative estimate of drug-likeness (QED) is 0.942. The molecule has 0 radical (unpaired) electrons. The molecule has 0 saturated carbocycles. The predicted molar refractivity (Wildman–Crippen MR) is 82.1 cm³/mol. The number of carboxylic acids is 1. The lowest BCUT2D eigenvalue weighted by Crippen LogP contribution is -2.28. The normalized spacial score (nSPS) is 12.2. The van der Waals surface area contributed by atoms with Crippen LogP contribution in [0.2, 0.25) is 0 Å². The molecule has 21 heavy (non-hydrogen) atoms. The van der Waals surface area contributed by atoms with Gasteiger partial charge in [0.1, 0.15) is 0 Å². The number of rotatable bonds is 3. The third-order valence-electron chi connectivity index (χ3n) is 3.86. The van der Waals surface area contributed by atoms with Crippen LogP contribution in [0.25, 0.3) is 0 Å². The fourth-order valence-electron chi connectivity index (χ4n) is 2.70. The van der Waals surface area contributed by atoms with Gasteiger partial charge in [-0.3, -0.25) is 4.79 Å². The molecule has 0 amide bonds. The van der Waals surface area contributed by atoms with Crippen LogP contribution in [-0.2, 0) is 0 Å². The minimum atomic E-state index is -1.00. The molecule has 0 aliphatic heterocycles. The second kappa shape index (κ2) is 5.56. The number of hydrogen-bond acceptors (Lipinski definition) is 2. The van der Waals surface area contributed by atoms with E-state index in [4.69, 9.17) is 0 Å². The van der Waals surface area contributed by atoms with E-state index >= 15 is 0 Å². The Bertz CT molecular complexity index is 742. The summed E-state index contributed by atoms with van der Waals surface area (Å²) in [6, 6.07) is 9.08. The Balaban J connectivity index is 2.63. The molecule has 0 spiro atoms. The van der Waals surface area contributed by atoms with E-state index < -0.39 is 5.97 Å². The van der Waals surface area contributed by atoms with Gasteiger partial charge >= 0.3 is 5.97 Å². The van der Waals surface area contributed by atoms with Crippen LogP contribution in [-0.4, -0.2) is 15.6 Å². The van der Waals surface area contributed by atoms with E-state index in [0.29, 0.717) is 11.3 Å². The summed E-state index contributed by atoms with van der Waals surface area (Å²) in [6.45, 7) is 7.24. The standard InChI is InChI=1S/C17H19NO3/c1-10-5-7-14(8-6-10)12(3)18-13(4)16(17(20)21)11(2)9-15(18)19/h5-9,12H,1-4H3,(H,20,21). The van der Waals surface area contributed by atoms with Crippen molar-refractivity contribution >= 4 is 5.97 Å². The van der Waals surface area contributed by atoms with Gasteiger partial charge < -0.3 is 9.67 Å². The zero-order valence-electron chi connectivity index (χ0n) is 12.7. The van der Waals surface area contributed by atoms with E-state index in [0.717, 1.165) is 11.1 Å². The number of aromatic carboxylic acids is 1. The van der Waals surface area contributed by atoms with Crippen LogP contribution in [0.1, 0.15) is 45.7 Å². The summed E-state index contributed by atoms with van der Waals surface area (Å²) in [7, 11) is 0. The third-order valence-corrected chi connectivity index (χ3v) is 3.86. The predicted octanol–water partition coefficient (Wildman–Crippen LogP) is 3.08. The van der Waals surface area contributed by atoms with Crippen molar-refractivity contribution in [3.05, 3.63) is 68.6 Å². The number of aromatic nitrogens is 1. The van der Waals surface area contributed by atoms with Gasteiger partial charge in [-0.25, -0.2) is 4.79 Å². The van der Waals surface area contributed by atoms with E-state index in [2.05, 4.69) is 0 Å². The van der Waals surface area contributed by atoms with E-state index in [-0.39, 0.29) is 17.2 Å². The van der Waals surface area contributed by atoms with Crippen LogP contribution < -0.4 is 5.56 Å². The molecular weight excluding hydrogens is 266 g/mol. The van der Waals surface area contributed by atoms with Crippen molar-refractivity contribution in [3.8, 4) is 0 Å². The molecular formula is C17H19NO3. The van der Waals surface area contributed by atoms with Gasteiger partial charge in [0.05, 0.1) is 11.6 Å². The number of pyridine rings is 1. The third kappa shape index (κ3) is 2.75. The Hall–Kier alpha value is -2.36. The largest absolute Gasteiger partial charge is 0.478 e. The highest BCUT2D eigenvalue weighted by Gasteiger charge is 2.19. The van der Waals surface area contributed by atoms with Crippen molar-refractivity contribution in [1.82, 2.24) is 4.57 Å². The topological polar surface area (TPSA) is 59.3 Å². The molecule has 0 bridgehead atoms. The molecule has 1 aromatic carbocycles. The molecule has 2 rings (SSSR count). The summed E-state index contributed by atoms with van der Waals surface area (Å²) < 4.78 is 1.54. The summed E-state index contributed by atoms with van der Waals surface area (Å²) in [4.78, 5) is 23.7. The molecule has 1 heterocycles. The van der Waals surface area contributed by atoms with Crippen molar-refractivity contribution in [2.75, 3.05) is 0 Å². The maximum absolute atomic E-state index is 12.3. The first-order chi connectivity index (χ1) is 9.82. The molecule has 0 aliphatic rings. The molecule has 4 nitrogen and oxygen atoms in total. The molecule has 1 atom stereocenters. The Morgan fingerprint density at radius 3 is 2.24 bits per heavy atom. The van der Waals surface area contributed by atoms with Crippen molar-refractivity contribution < 1.29 is 9.90 Å². The van der Waals surface area contributed by atoms with Crippen molar-refractivity contribution in [1.29, 1.82) is 0 Å². The molecule has 4 heteroatoms. The fraction of sp³-hybridized carbons (Fsp3) is 0.294. The lowest BCUT2D eigenvalue weighted by molar-refractivity contribution is 0.0694. The van der Waals surface area contributed by atoms with Crippen LogP contribution in [0, 0.1) is 20.8 Å². The summed E-state index contributed by atoms with van der Waals surface area (Å²) in [5, 5.41) is 9.34. The number of nitrogens with zero attached hydrogens (tertiary/aromatic N) is 1. The molecule has 0 fully saturated rings. The maximum atomic E-state index is 12.3. The van der Waals surface area contributed by atoms with Crippen molar-refractivity contribution in [2.45, 2.75) is 33.7 Å². The molecule has 0 saturated heterocycles. The Kier molecular flexibility index (Phi) is 3.98. The highest BCUT2D eigenvalue weighted by atomic mass is 16.4. The van der Waals surface area contributed by atoms with Crippen LogP contribution in [0.3, 0.4) is 0 Å². The van der Waals surface area contributed by atoms with Gasteiger partial charge in [-0.05, 0) is 38.8 Å². The van der Waals surface area contributed by atoms with Gasteiger partial charge in [0.2, 0.25) is 0 Å². The molecule has 1 aromatic heterocycles. The SMILES string of the molecule is Cc1ccc(C(C)n2c(C)c(C(=O)O)c(C)cc2=O)cc1. The van der Waals surface area contributed by atoms with Gasteiger partial charge in [0.15, 0.2) is 0 Å². The fourth-order valence-corrected chi connectivity index (χ4v) is 2.70. The van der Waals surface area contributed by atoms with Gasteiger partial charge in [-0.15, -0.1) is 0 Å². The summed E-state index contributed by atoms with van der Waals surface area (Å²) >= 11 is 0. The first-order valence-electron chi connectivity index (χ1n) is 6.85. The van der Waals surface area contributed by atoms with Gasteiger partial charge in [0.25, 0.3) is 5.56 Å². The lowest BCUT2D eigenvalue weighted by atomic mass is 10.0. The lowest BCUT2D eigenvalue weighted by Gasteiger charge is -2.21. The zero-order chi connectivity index (χ0) is 15.7. The second-order valence-corrected chi connectivity index (χ2v) is 5.39. The first kappa shape index (κ1) is 15.0. The van der Waals surface area contributed by atoms with Gasteiger partial charge in [-0.1, -0.05) is 29.8 Å². The molecule has 2 aromatic rings. The Morgan fingerprint density at radius 2 is 1.71 bits per heavy atom. The summed E-state index contributed by atoms with van der Waals surface area (Å²) in [5.41, 5.74) is 3.13. The Morgan fingerprint density at radius 1 is 1.14 bits per heavy atom. The van der Waals surface area contributed by atoms with Gasteiger partial charge in [0, 0.05) is 11.8 Å². The minimum Gasteiger partial charge on any atom is -0.478 e. The number of carbonyl (C=O) groups is 1. The number of aryl methyl sites for hydroxylation is 2. The average Bonchev–Trinajstić information content (AvgIpc) is 2.38. The Labute approximate surface area is 123 Å². The van der Waals surface area contributed by atoms with E-state index in [1.165, 1.54) is 6.07 Å². The van der Waals surface area contributed by atoms with Crippen molar-refractivity contribution in [3.63, 3.8) is 0 Å². The van der Waals surface area contributed by atoms with Crippen LogP contribution >= 0.6 is 0 Å². The van der Waals surface area contributed by atoms with Gasteiger partial charge in [-0.2, -0.15) is 0 Å². The van der Waals surface area contributed by atoms with Crippen molar-refractivity contribution in [2.24, 2.45) is 0 Å². The minimum absolute atomic E-state index is 0.178. The summed E-state index contributed by atoms with van der Waals surface area (Å²) in [5.74, 6) is -1.00. The molecule has 0 aliphatic carbocycles. The number of hydrogen-bond donors (Lipinski definition) is 1.